The fourth-order valence-corrected chi connectivity index (χ4v) is 0.927. The van der Waals surface area contributed by atoms with E-state index in [0.29, 0.717) is 5.57 Å². The molecule has 0 unspecified atom stereocenters. The van der Waals surface area contributed by atoms with Gasteiger partial charge in [-0.1, -0.05) is 36.4 Å². The Labute approximate surface area is 72.7 Å². The van der Waals surface area contributed by atoms with Crippen molar-refractivity contribution < 1.29 is 4.79 Å². The minimum absolute atomic E-state index is 0.666. The fourth-order valence-electron chi connectivity index (χ4n) is 0.927. The van der Waals surface area contributed by atoms with Gasteiger partial charge in [-0.25, -0.2) is 0 Å². The lowest BCUT2D eigenvalue weighted by Gasteiger charge is -1.93. The van der Waals surface area contributed by atoms with Crippen molar-refractivity contribution in [1.29, 1.82) is 0 Å². The summed E-state index contributed by atoms with van der Waals surface area (Å²) in [5, 5.41) is 0. The highest BCUT2D eigenvalue weighted by molar-refractivity contribution is 5.72. The molecule has 1 radical (unpaired) electrons. The Kier molecular flexibility index (Phi) is 3.27. The number of hydrogen-bond acceptors (Lipinski definition) is 1. The smallest absolute Gasteiger partial charge is 0.228 e. The van der Waals surface area contributed by atoms with E-state index < -0.39 is 0 Å². The van der Waals surface area contributed by atoms with Gasteiger partial charge in [-0.05, 0) is 24.5 Å². The van der Waals surface area contributed by atoms with Crippen LogP contribution in [0.25, 0.3) is 0 Å². The highest BCUT2D eigenvalue weighted by atomic mass is 16.1. The Hall–Kier alpha value is -1.37. The van der Waals surface area contributed by atoms with E-state index in [1.54, 1.807) is 6.92 Å². The van der Waals surface area contributed by atoms with E-state index in [-0.39, 0.29) is 0 Å². The van der Waals surface area contributed by atoms with E-state index >= 15 is 0 Å². The minimum atomic E-state index is 0.666. The molecule has 0 bridgehead atoms. The van der Waals surface area contributed by atoms with Gasteiger partial charge in [-0.2, -0.15) is 0 Å². The van der Waals surface area contributed by atoms with E-state index in [2.05, 4.69) is 0 Å². The van der Waals surface area contributed by atoms with Crippen molar-refractivity contribution in [2.75, 3.05) is 0 Å². The van der Waals surface area contributed by atoms with Crippen molar-refractivity contribution in [3.8, 4) is 0 Å². The topological polar surface area (TPSA) is 17.1 Å². The molecule has 1 rings (SSSR count). The summed E-state index contributed by atoms with van der Waals surface area (Å²) in [7, 11) is 0. The van der Waals surface area contributed by atoms with Crippen LogP contribution in [-0.4, -0.2) is 6.29 Å². The highest BCUT2D eigenvalue weighted by Gasteiger charge is 1.88. The summed E-state index contributed by atoms with van der Waals surface area (Å²) in [6.45, 7) is 1.76. The van der Waals surface area contributed by atoms with Crippen LogP contribution in [-0.2, 0) is 11.2 Å². The van der Waals surface area contributed by atoms with Gasteiger partial charge >= 0.3 is 0 Å². The summed E-state index contributed by atoms with van der Waals surface area (Å²) < 4.78 is 0. The maximum Gasteiger partial charge on any atom is 0.228 e. The molecule has 0 fully saturated rings. The monoisotopic (exact) mass is 159 g/mol. The maximum atomic E-state index is 10.1. The van der Waals surface area contributed by atoms with Gasteiger partial charge in [0.05, 0.1) is 0 Å². The SMILES string of the molecule is CC([C]=O)=CCc1ccccc1. The summed E-state index contributed by atoms with van der Waals surface area (Å²) in [6.07, 6.45) is 4.53. The zero-order chi connectivity index (χ0) is 8.81. The van der Waals surface area contributed by atoms with Crippen LogP contribution in [0.4, 0.5) is 0 Å². The van der Waals surface area contributed by atoms with E-state index in [4.69, 9.17) is 0 Å². The number of benzene rings is 1. The third kappa shape index (κ3) is 2.70. The molecule has 0 heterocycles. The van der Waals surface area contributed by atoms with E-state index in [0.717, 1.165) is 6.42 Å². The predicted octanol–water partition coefficient (Wildman–Crippen LogP) is 2.29. The second kappa shape index (κ2) is 4.50. The van der Waals surface area contributed by atoms with Crippen molar-refractivity contribution in [2.24, 2.45) is 0 Å². The lowest BCUT2D eigenvalue weighted by Crippen LogP contribution is -1.82. The Balaban J connectivity index is 2.60. The molecule has 1 aromatic rings. The first-order valence-corrected chi connectivity index (χ1v) is 3.92. The van der Waals surface area contributed by atoms with Gasteiger partial charge in [0.25, 0.3) is 0 Å². The molecule has 0 aromatic heterocycles. The average Bonchev–Trinajstić information content (AvgIpc) is 2.16. The maximum absolute atomic E-state index is 10.1. The minimum Gasteiger partial charge on any atom is -0.285 e. The second-order valence-corrected chi connectivity index (χ2v) is 2.68. The standard InChI is InChI=1S/C11H11O/c1-10(9-12)7-8-11-5-3-2-4-6-11/h2-7H,8H2,1H3. The van der Waals surface area contributed by atoms with Gasteiger partial charge < -0.3 is 0 Å². The zero-order valence-corrected chi connectivity index (χ0v) is 7.08. The largest absolute Gasteiger partial charge is 0.285 e. The van der Waals surface area contributed by atoms with Gasteiger partial charge in [-0.15, -0.1) is 0 Å². The first-order chi connectivity index (χ1) is 5.83. The van der Waals surface area contributed by atoms with Crippen molar-refractivity contribution in [3.63, 3.8) is 0 Å². The molecule has 0 aliphatic carbocycles. The van der Waals surface area contributed by atoms with E-state index in [9.17, 15) is 4.79 Å². The van der Waals surface area contributed by atoms with Crippen LogP contribution < -0.4 is 0 Å². The van der Waals surface area contributed by atoms with Crippen molar-refractivity contribution in [3.05, 3.63) is 47.5 Å². The summed E-state index contributed by atoms with van der Waals surface area (Å²) in [4.78, 5) is 10.1. The van der Waals surface area contributed by atoms with Crippen LogP contribution in [0, 0.1) is 0 Å². The van der Waals surface area contributed by atoms with Crippen LogP contribution in [0.5, 0.6) is 0 Å². The molecule has 0 spiro atoms. The average molecular weight is 159 g/mol. The summed E-state index contributed by atoms with van der Waals surface area (Å²) >= 11 is 0. The van der Waals surface area contributed by atoms with E-state index in [1.807, 2.05) is 42.7 Å². The normalized spacial score (nSPS) is 11.2. The fraction of sp³-hybridized carbons (Fsp3) is 0.182. The summed E-state index contributed by atoms with van der Waals surface area (Å²) in [5.74, 6) is 0. The highest BCUT2D eigenvalue weighted by Crippen LogP contribution is 2.01. The molecular weight excluding hydrogens is 148 g/mol. The van der Waals surface area contributed by atoms with Crippen LogP contribution in [0.1, 0.15) is 12.5 Å². The second-order valence-electron chi connectivity index (χ2n) is 2.68. The van der Waals surface area contributed by atoms with Gasteiger partial charge in [0.2, 0.25) is 6.29 Å². The molecule has 0 aliphatic rings. The molecule has 1 nitrogen and oxygen atoms in total. The summed E-state index contributed by atoms with van der Waals surface area (Å²) in [6, 6.07) is 10.0. The molecule has 0 saturated heterocycles. The predicted molar refractivity (Wildman–Crippen MR) is 49.6 cm³/mol. The molecule has 0 amide bonds. The first kappa shape index (κ1) is 8.72. The molecule has 0 N–H and O–H groups in total. The lowest BCUT2D eigenvalue weighted by molar-refractivity contribution is 0.561. The quantitative estimate of drug-likeness (QED) is 0.618. The molecule has 0 atom stereocenters. The molecule has 1 aromatic carbocycles. The Morgan fingerprint density at radius 3 is 2.67 bits per heavy atom. The molecule has 0 saturated carbocycles. The van der Waals surface area contributed by atoms with Gasteiger partial charge in [0.1, 0.15) is 0 Å². The molecule has 12 heavy (non-hydrogen) atoms. The first-order valence-electron chi connectivity index (χ1n) is 3.92. The molecule has 1 heteroatoms. The third-order valence-electron chi connectivity index (χ3n) is 1.65. The van der Waals surface area contributed by atoms with Gasteiger partial charge in [0.15, 0.2) is 0 Å². The Morgan fingerprint density at radius 1 is 1.42 bits per heavy atom. The van der Waals surface area contributed by atoms with Crippen LogP contribution in [0.2, 0.25) is 0 Å². The van der Waals surface area contributed by atoms with E-state index in [1.165, 1.54) is 5.56 Å². The van der Waals surface area contributed by atoms with Crippen LogP contribution in [0.15, 0.2) is 42.0 Å². The zero-order valence-electron chi connectivity index (χ0n) is 7.08. The van der Waals surface area contributed by atoms with Gasteiger partial charge in [0, 0.05) is 0 Å². The van der Waals surface area contributed by atoms with Crippen LogP contribution in [0.3, 0.4) is 0 Å². The van der Waals surface area contributed by atoms with Gasteiger partial charge in [-0.3, -0.25) is 4.79 Å². The number of hydrogen-bond donors (Lipinski definition) is 0. The number of rotatable bonds is 3. The Bertz CT molecular complexity index is 272. The third-order valence-corrected chi connectivity index (χ3v) is 1.65. The molecule has 61 valence electrons. The number of allylic oxidation sites excluding steroid dienone is 2. The van der Waals surface area contributed by atoms with Crippen molar-refractivity contribution in [2.45, 2.75) is 13.3 Å². The lowest BCUT2D eigenvalue weighted by atomic mass is 10.1. The summed E-state index contributed by atoms with van der Waals surface area (Å²) in [5.41, 5.74) is 1.88. The van der Waals surface area contributed by atoms with Crippen LogP contribution >= 0.6 is 0 Å². The number of carbonyl (C=O) groups excluding carboxylic acids is 1. The molecule has 0 aliphatic heterocycles. The van der Waals surface area contributed by atoms with Crippen molar-refractivity contribution in [1.82, 2.24) is 0 Å². The Morgan fingerprint density at radius 2 is 2.08 bits per heavy atom. The van der Waals surface area contributed by atoms with Crippen molar-refractivity contribution >= 4 is 6.29 Å². The molecular formula is C11H11O.